The van der Waals surface area contributed by atoms with Gasteiger partial charge in [0.25, 0.3) is 15.9 Å². The first kappa shape index (κ1) is 17.9. The van der Waals surface area contributed by atoms with E-state index in [1.807, 2.05) is 13.8 Å². The molecule has 0 bridgehead atoms. The van der Waals surface area contributed by atoms with E-state index in [9.17, 15) is 17.6 Å². The third-order valence-electron chi connectivity index (χ3n) is 3.51. The van der Waals surface area contributed by atoms with Gasteiger partial charge in [-0.25, -0.2) is 12.8 Å². The van der Waals surface area contributed by atoms with Crippen molar-refractivity contribution in [2.24, 2.45) is 0 Å². The molecule has 2 N–H and O–H groups in total. The van der Waals surface area contributed by atoms with Gasteiger partial charge in [-0.3, -0.25) is 9.52 Å². The Morgan fingerprint density at radius 3 is 2.54 bits per heavy atom. The van der Waals surface area contributed by atoms with E-state index >= 15 is 0 Å². The van der Waals surface area contributed by atoms with Crippen LogP contribution in [0.3, 0.4) is 0 Å². The van der Waals surface area contributed by atoms with Crippen molar-refractivity contribution in [2.45, 2.75) is 31.2 Å². The number of sulfonamides is 1. The third kappa shape index (κ3) is 4.32. The molecule has 2 aromatic carbocycles. The van der Waals surface area contributed by atoms with Gasteiger partial charge in [-0.15, -0.1) is 0 Å². The zero-order valence-electron chi connectivity index (χ0n) is 13.4. The van der Waals surface area contributed by atoms with Gasteiger partial charge in [0.15, 0.2) is 0 Å². The Morgan fingerprint density at radius 2 is 1.88 bits per heavy atom. The highest BCUT2D eigenvalue weighted by molar-refractivity contribution is 7.92. The fourth-order valence-electron chi connectivity index (χ4n) is 2.01. The summed E-state index contributed by atoms with van der Waals surface area (Å²) in [4.78, 5) is 12.1. The summed E-state index contributed by atoms with van der Waals surface area (Å²) >= 11 is 0. The lowest BCUT2D eigenvalue weighted by atomic mass is 10.1. The minimum Gasteiger partial charge on any atom is -0.350 e. The number of para-hydroxylation sites is 1. The lowest BCUT2D eigenvalue weighted by molar-refractivity contribution is 0.0940. The Kier molecular flexibility index (Phi) is 5.56. The fourth-order valence-corrected chi connectivity index (χ4v) is 3.12. The average Bonchev–Trinajstić information content (AvgIpc) is 2.54. The van der Waals surface area contributed by atoms with Crippen molar-refractivity contribution in [1.29, 1.82) is 0 Å². The van der Waals surface area contributed by atoms with Crippen LogP contribution in [0.2, 0.25) is 0 Å². The van der Waals surface area contributed by atoms with Gasteiger partial charge < -0.3 is 5.32 Å². The van der Waals surface area contributed by atoms with Gasteiger partial charge in [0.2, 0.25) is 0 Å². The summed E-state index contributed by atoms with van der Waals surface area (Å²) in [5, 5.41) is 2.79. The first-order valence-electron chi connectivity index (χ1n) is 7.51. The molecule has 0 saturated carbocycles. The number of hydrogen-bond donors (Lipinski definition) is 2. The molecular weight excluding hydrogens is 331 g/mol. The molecule has 2 rings (SSSR count). The number of amides is 1. The smallest absolute Gasteiger partial charge is 0.262 e. The first-order valence-corrected chi connectivity index (χ1v) is 9.00. The minimum absolute atomic E-state index is 0.0367. The van der Waals surface area contributed by atoms with Crippen molar-refractivity contribution in [3.63, 3.8) is 0 Å². The predicted molar refractivity (Wildman–Crippen MR) is 90.9 cm³/mol. The number of nitrogens with one attached hydrogen (secondary N) is 2. The molecule has 24 heavy (non-hydrogen) atoms. The summed E-state index contributed by atoms with van der Waals surface area (Å²) in [7, 11) is -4.00. The maximum atomic E-state index is 13.3. The molecule has 1 atom stereocenters. The summed E-state index contributed by atoms with van der Waals surface area (Å²) in [6.45, 7) is 3.79. The molecule has 0 aromatic heterocycles. The highest BCUT2D eigenvalue weighted by Crippen LogP contribution is 2.20. The van der Waals surface area contributed by atoms with Gasteiger partial charge in [0.1, 0.15) is 5.82 Å². The van der Waals surface area contributed by atoms with Crippen LogP contribution in [0.1, 0.15) is 30.6 Å². The van der Waals surface area contributed by atoms with Crippen LogP contribution in [0.25, 0.3) is 0 Å². The normalized spacial score (nSPS) is 12.5. The summed E-state index contributed by atoms with van der Waals surface area (Å²) in [6, 6.07) is 10.9. The number of halogens is 1. The molecule has 0 saturated heterocycles. The molecule has 1 amide bonds. The largest absolute Gasteiger partial charge is 0.350 e. The second-order valence-electron chi connectivity index (χ2n) is 5.39. The van der Waals surface area contributed by atoms with Crippen molar-refractivity contribution >= 4 is 21.6 Å². The quantitative estimate of drug-likeness (QED) is 0.840. The molecule has 0 aliphatic rings. The maximum Gasteiger partial charge on any atom is 0.262 e. The van der Waals surface area contributed by atoms with Gasteiger partial charge in [-0.05, 0) is 43.7 Å². The molecule has 128 valence electrons. The van der Waals surface area contributed by atoms with Crippen molar-refractivity contribution in [3.05, 3.63) is 59.9 Å². The number of hydrogen-bond acceptors (Lipinski definition) is 3. The molecule has 0 spiro atoms. The Hall–Kier alpha value is -2.41. The first-order chi connectivity index (χ1) is 11.3. The van der Waals surface area contributed by atoms with Gasteiger partial charge >= 0.3 is 0 Å². The highest BCUT2D eigenvalue weighted by Gasteiger charge is 2.19. The zero-order valence-corrected chi connectivity index (χ0v) is 14.2. The maximum absolute atomic E-state index is 13.3. The second kappa shape index (κ2) is 7.44. The number of carbonyl (C=O) groups excluding carboxylic acids is 1. The Bertz CT molecular complexity index is 837. The van der Waals surface area contributed by atoms with Crippen LogP contribution in [0.5, 0.6) is 0 Å². The number of carbonyl (C=O) groups is 1. The van der Waals surface area contributed by atoms with Crippen LogP contribution in [-0.2, 0) is 10.0 Å². The SMILES string of the molecule is CC[C@H](C)NC(=O)c1ccccc1NS(=O)(=O)c1cccc(F)c1. The van der Waals surface area contributed by atoms with Crippen LogP contribution in [-0.4, -0.2) is 20.4 Å². The standard InChI is InChI=1S/C17H19FN2O3S/c1-3-12(2)19-17(21)15-9-4-5-10-16(15)20-24(22,23)14-8-6-7-13(18)11-14/h4-12,20H,3H2,1-2H3,(H,19,21)/t12-/m0/s1. The highest BCUT2D eigenvalue weighted by atomic mass is 32.2. The van der Waals surface area contributed by atoms with Crippen LogP contribution in [0.4, 0.5) is 10.1 Å². The van der Waals surface area contributed by atoms with Crippen LogP contribution < -0.4 is 10.0 Å². The summed E-state index contributed by atoms with van der Waals surface area (Å²) in [5.74, 6) is -1.03. The molecule has 0 aliphatic heterocycles. The second-order valence-corrected chi connectivity index (χ2v) is 7.07. The van der Waals surface area contributed by atoms with E-state index in [2.05, 4.69) is 10.0 Å². The summed E-state index contributed by atoms with van der Waals surface area (Å²) < 4.78 is 40.4. The van der Waals surface area contributed by atoms with E-state index in [-0.39, 0.29) is 28.1 Å². The van der Waals surface area contributed by atoms with Crippen molar-refractivity contribution < 1.29 is 17.6 Å². The van der Waals surface area contributed by atoms with Gasteiger partial charge in [0, 0.05) is 6.04 Å². The summed E-state index contributed by atoms with van der Waals surface area (Å²) in [6.07, 6.45) is 0.753. The topological polar surface area (TPSA) is 75.3 Å². The van der Waals surface area contributed by atoms with E-state index in [0.29, 0.717) is 0 Å². The van der Waals surface area contributed by atoms with Gasteiger partial charge in [0.05, 0.1) is 16.1 Å². The molecule has 0 fully saturated rings. The van der Waals surface area contributed by atoms with Crippen molar-refractivity contribution in [3.8, 4) is 0 Å². The van der Waals surface area contributed by atoms with Crippen molar-refractivity contribution in [2.75, 3.05) is 4.72 Å². The Labute approximate surface area is 141 Å². The Balaban J connectivity index is 2.32. The molecular formula is C17H19FN2O3S. The molecule has 0 radical (unpaired) electrons. The van der Waals surface area contributed by atoms with E-state index < -0.39 is 15.8 Å². The fraction of sp³-hybridized carbons (Fsp3) is 0.235. The zero-order chi connectivity index (χ0) is 17.7. The van der Waals surface area contributed by atoms with Gasteiger partial charge in [-0.1, -0.05) is 25.1 Å². The molecule has 2 aromatic rings. The lowest BCUT2D eigenvalue weighted by Crippen LogP contribution is -2.32. The molecule has 0 unspecified atom stereocenters. The van der Waals surface area contributed by atoms with E-state index in [0.717, 1.165) is 18.6 Å². The monoisotopic (exact) mass is 350 g/mol. The Morgan fingerprint density at radius 1 is 1.17 bits per heavy atom. The number of anilines is 1. The van der Waals surface area contributed by atoms with Crippen LogP contribution in [0, 0.1) is 5.82 Å². The van der Waals surface area contributed by atoms with Gasteiger partial charge in [-0.2, -0.15) is 0 Å². The number of benzene rings is 2. The molecule has 5 nitrogen and oxygen atoms in total. The average molecular weight is 350 g/mol. The van der Waals surface area contributed by atoms with Crippen LogP contribution in [0.15, 0.2) is 53.4 Å². The van der Waals surface area contributed by atoms with Crippen LogP contribution >= 0.6 is 0 Å². The molecule has 7 heteroatoms. The van der Waals surface area contributed by atoms with E-state index in [4.69, 9.17) is 0 Å². The molecule has 0 heterocycles. The predicted octanol–water partition coefficient (Wildman–Crippen LogP) is 3.15. The van der Waals surface area contributed by atoms with E-state index in [1.54, 1.807) is 12.1 Å². The van der Waals surface area contributed by atoms with Crippen molar-refractivity contribution in [1.82, 2.24) is 5.32 Å². The third-order valence-corrected chi connectivity index (χ3v) is 4.88. The number of rotatable bonds is 6. The minimum atomic E-state index is -4.00. The van der Waals surface area contributed by atoms with E-state index in [1.165, 1.54) is 24.3 Å². The lowest BCUT2D eigenvalue weighted by Gasteiger charge is -2.15. The molecule has 0 aliphatic carbocycles. The summed E-state index contributed by atoms with van der Waals surface area (Å²) in [5.41, 5.74) is 0.348.